The average molecular weight is 296 g/mol. The third-order valence-electron chi connectivity index (χ3n) is 4.38. The lowest BCUT2D eigenvalue weighted by molar-refractivity contribution is 0.419. The second kappa shape index (κ2) is 6.88. The predicted molar refractivity (Wildman–Crippen MR) is 90.0 cm³/mol. The summed E-state index contributed by atoms with van der Waals surface area (Å²) >= 11 is 0. The number of hydrogen-bond acceptors (Lipinski definition) is 4. The standard InChI is InChI=1S/C18H24N4/c1-14-7-8-16(15(2)11-14)12-19-17-5-4-10-22(13-17)18-6-3-9-20-21-18/h3,6-9,11,17,19H,4-5,10,12-13H2,1-2H3/t17-/m0/s1. The Morgan fingerprint density at radius 1 is 1.27 bits per heavy atom. The van der Waals surface area contributed by atoms with E-state index in [9.17, 15) is 0 Å². The first kappa shape index (κ1) is 15.0. The molecule has 22 heavy (non-hydrogen) atoms. The van der Waals surface area contributed by atoms with Crippen molar-refractivity contribution in [3.63, 3.8) is 0 Å². The van der Waals surface area contributed by atoms with E-state index >= 15 is 0 Å². The largest absolute Gasteiger partial charge is 0.354 e. The summed E-state index contributed by atoms with van der Waals surface area (Å²) in [5.74, 6) is 0.987. The van der Waals surface area contributed by atoms with Crippen LogP contribution in [0.4, 0.5) is 5.82 Å². The molecule has 0 bridgehead atoms. The summed E-state index contributed by atoms with van der Waals surface area (Å²) in [7, 11) is 0. The van der Waals surface area contributed by atoms with Gasteiger partial charge in [0.2, 0.25) is 0 Å². The SMILES string of the molecule is Cc1ccc(CN[C@H]2CCCN(c3cccnn3)C2)c(C)c1. The summed E-state index contributed by atoms with van der Waals surface area (Å²) < 4.78 is 0. The van der Waals surface area contributed by atoms with Crippen LogP contribution in [0.3, 0.4) is 0 Å². The zero-order chi connectivity index (χ0) is 15.4. The number of piperidine rings is 1. The van der Waals surface area contributed by atoms with E-state index in [0.717, 1.165) is 25.5 Å². The van der Waals surface area contributed by atoms with Gasteiger partial charge in [-0.1, -0.05) is 23.8 Å². The lowest BCUT2D eigenvalue weighted by Crippen LogP contribution is -2.45. The zero-order valence-corrected chi connectivity index (χ0v) is 13.4. The Hall–Kier alpha value is -1.94. The van der Waals surface area contributed by atoms with E-state index in [0.29, 0.717) is 6.04 Å². The summed E-state index contributed by atoms with van der Waals surface area (Å²) in [6.45, 7) is 7.34. The van der Waals surface area contributed by atoms with Gasteiger partial charge in [0, 0.05) is 31.9 Å². The highest BCUT2D eigenvalue weighted by Crippen LogP contribution is 2.17. The maximum absolute atomic E-state index is 4.23. The number of aryl methyl sites for hydroxylation is 2. The molecule has 1 aromatic heterocycles. The molecule has 1 fully saturated rings. The van der Waals surface area contributed by atoms with Crippen molar-refractivity contribution in [3.8, 4) is 0 Å². The van der Waals surface area contributed by atoms with E-state index in [1.165, 1.54) is 29.5 Å². The van der Waals surface area contributed by atoms with Gasteiger partial charge < -0.3 is 10.2 Å². The highest BCUT2D eigenvalue weighted by Gasteiger charge is 2.20. The molecule has 0 radical (unpaired) electrons. The molecule has 1 N–H and O–H groups in total. The van der Waals surface area contributed by atoms with Crippen molar-refractivity contribution >= 4 is 5.82 Å². The van der Waals surface area contributed by atoms with E-state index < -0.39 is 0 Å². The van der Waals surface area contributed by atoms with E-state index in [2.05, 4.69) is 52.5 Å². The summed E-state index contributed by atoms with van der Waals surface area (Å²) in [5, 5.41) is 11.9. The van der Waals surface area contributed by atoms with Gasteiger partial charge in [-0.15, -0.1) is 5.10 Å². The molecule has 3 rings (SSSR count). The van der Waals surface area contributed by atoms with Crippen molar-refractivity contribution in [2.45, 2.75) is 39.3 Å². The minimum atomic E-state index is 0.511. The number of rotatable bonds is 4. The molecule has 0 saturated carbocycles. The highest BCUT2D eigenvalue weighted by atomic mass is 15.3. The third kappa shape index (κ3) is 3.63. The monoisotopic (exact) mass is 296 g/mol. The average Bonchev–Trinajstić information content (AvgIpc) is 2.55. The second-order valence-corrected chi connectivity index (χ2v) is 6.18. The minimum absolute atomic E-state index is 0.511. The summed E-state index contributed by atoms with van der Waals surface area (Å²) in [6, 6.07) is 11.2. The van der Waals surface area contributed by atoms with E-state index in [1.807, 2.05) is 12.1 Å². The molecule has 1 aliphatic heterocycles. The van der Waals surface area contributed by atoms with Crippen LogP contribution in [0.25, 0.3) is 0 Å². The predicted octanol–water partition coefficient (Wildman–Crippen LogP) is 2.85. The molecule has 2 heterocycles. The van der Waals surface area contributed by atoms with Gasteiger partial charge in [0.25, 0.3) is 0 Å². The van der Waals surface area contributed by atoms with Crippen LogP contribution in [0.1, 0.15) is 29.5 Å². The normalized spacial score (nSPS) is 18.5. The maximum atomic E-state index is 4.23. The highest BCUT2D eigenvalue weighted by molar-refractivity contribution is 5.37. The first-order chi connectivity index (χ1) is 10.7. The Kier molecular flexibility index (Phi) is 4.68. The Labute approximate surface area is 132 Å². The number of nitrogens with zero attached hydrogens (tertiary/aromatic N) is 3. The molecule has 0 spiro atoms. The van der Waals surface area contributed by atoms with Crippen molar-refractivity contribution in [2.75, 3.05) is 18.0 Å². The van der Waals surface area contributed by atoms with Gasteiger partial charge in [0.05, 0.1) is 0 Å². The van der Waals surface area contributed by atoms with Crippen LogP contribution in [0.5, 0.6) is 0 Å². The molecular weight excluding hydrogens is 272 g/mol. The first-order valence-electron chi connectivity index (χ1n) is 8.04. The molecule has 0 aliphatic carbocycles. The van der Waals surface area contributed by atoms with Crippen LogP contribution in [0.15, 0.2) is 36.5 Å². The molecule has 1 aromatic carbocycles. The summed E-state index contributed by atoms with van der Waals surface area (Å²) in [6.07, 6.45) is 4.14. The second-order valence-electron chi connectivity index (χ2n) is 6.18. The Balaban J connectivity index is 1.59. The van der Waals surface area contributed by atoms with Crippen molar-refractivity contribution < 1.29 is 0 Å². The summed E-state index contributed by atoms with van der Waals surface area (Å²) in [4.78, 5) is 2.33. The molecule has 4 heteroatoms. The smallest absolute Gasteiger partial charge is 0.151 e. The number of benzene rings is 1. The molecule has 0 amide bonds. The lowest BCUT2D eigenvalue weighted by atomic mass is 10.0. The number of anilines is 1. The molecule has 0 unspecified atom stereocenters. The van der Waals surface area contributed by atoms with Crippen molar-refractivity contribution in [1.82, 2.24) is 15.5 Å². The van der Waals surface area contributed by atoms with Gasteiger partial charge in [-0.2, -0.15) is 5.10 Å². The van der Waals surface area contributed by atoms with Gasteiger partial charge in [0.1, 0.15) is 0 Å². The molecule has 1 aliphatic rings. The van der Waals surface area contributed by atoms with Gasteiger partial charge in [-0.25, -0.2) is 0 Å². The van der Waals surface area contributed by atoms with Crippen molar-refractivity contribution in [3.05, 3.63) is 53.2 Å². The van der Waals surface area contributed by atoms with Gasteiger partial charge >= 0.3 is 0 Å². The van der Waals surface area contributed by atoms with Gasteiger partial charge in [-0.3, -0.25) is 0 Å². The van der Waals surface area contributed by atoms with Gasteiger partial charge in [-0.05, 0) is 49.9 Å². The quantitative estimate of drug-likeness (QED) is 0.942. The Morgan fingerprint density at radius 3 is 2.95 bits per heavy atom. The van der Waals surface area contributed by atoms with Crippen molar-refractivity contribution in [1.29, 1.82) is 0 Å². The molecular formula is C18H24N4. The van der Waals surface area contributed by atoms with E-state index in [4.69, 9.17) is 0 Å². The Morgan fingerprint density at radius 2 is 2.18 bits per heavy atom. The number of aromatic nitrogens is 2. The zero-order valence-electron chi connectivity index (χ0n) is 13.4. The molecule has 1 saturated heterocycles. The van der Waals surface area contributed by atoms with Crippen molar-refractivity contribution in [2.24, 2.45) is 0 Å². The third-order valence-corrected chi connectivity index (χ3v) is 4.38. The van der Waals surface area contributed by atoms with Crippen LogP contribution in [0.2, 0.25) is 0 Å². The van der Waals surface area contributed by atoms with E-state index in [1.54, 1.807) is 6.20 Å². The fourth-order valence-electron chi connectivity index (χ4n) is 3.11. The van der Waals surface area contributed by atoms with Crippen LogP contribution in [-0.4, -0.2) is 29.3 Å². The lowest BCUT2D eigenvalue weighted by Gasteiger charge is -2.33. The topological polar surface area (TPSA) is 41.0 Å². The summed E-state index contributed by atoms with van der Waals surface area (Å²) in [5.41, 5.74) is 4.09. The fraction of sp³-hybridized carbons (Fsp3) is 0.444. The van der Waals surface area contributed by atoms with E-state index in [-0.39, 0.29) is 0 Å². The number of nitrogens with one attached hydrogen (secondary N) is 1. The van der Waals surface area contributed by atoms with Crippen LogP contribution < -0.4 is 10.2 Å². The number of hydrogen-bond donors (Lipinski definition) is 1. The van der Waals surface area contributed by atoms with Gasteiger partial charge in [0.15, 0.2) is 5.82 Å². The molecule has 4 nitrogen and oxygen atoms in total. The molecule has 2 aromatic rings. The van der Waals surface area contributed by atoms with Crippen LogP contribution in [0, 0.1) is 13.8 Å². The minimum Gasteiger partial charge on any atom is -0.354 e. The van der Waals surface area contributed by atoms with Crippen LogP contribution >= 0.6 is 0 Å². The molecule has 1 atom stereocenters. The maximum Gasteiger partial charge on any atom is 0.151 e. The fourth-order valence-corrected chi connectivity index (χ4v) is 3.11. The Bertz CT molecular complexity index is 612. The first-order valence-corrected chi connectivity index (χ1v) is 8.04. The molecule has 116 valence electrons. The van der Waals surface area contributed by atoms with Crippen LogP contribution in [-0.2, 0) is 6.54 Å².